The maximum atomic E-state index is 13.0. The molecule has 0 saturated heterocycles. The van der Waals surface area contributed by atoms with Crippen LogP contribution in [-0.4, -0.2) is 47.9 Å². The second-order valence-electron chi connectivity index (χ2n) is 7.66. The summed E-state index contributed by atoms with van der Waals surface area (Å²) in [5.41, 5.74) is 7.62. The van der Waals surface area contributed by atoms with E-state index >= 15 is 0 Å². The predicted molar refractivity (Wildman–Crippen MR) is 138 cm³/mol. The van der Waals surface area contributed by atoms with Crippen molar-refractivity contribution in [2.75, 3.05) is 34.2 Å². The van der Waals surface area contributed by atoms with Gasteiger partial charge in [-0.25, -0.2) is 13.2 Å². The number of nitrogens with two attached hydrogens (primary N) is 1. The van der Waals surface area contributed by atoms with Crippen LogP contribution in [0, 0.1) is 0 Å². The molecule has 0 unspecified atom stereocenters. The Hall–Kier alpha value is -4.18. The number of para-hydroxylation sites is 1. The van der Waals surface area contributed by atoms with Gasteiger partial charge in [-0.3, -0.25) is 0 Å². The fraction of sp³-hybridized carbons (Fsp3) is 0.192. The highest BCUT2D eigenvalue weighted by molar-refractivity contribution is 7.93. The first-order valence-corrected chi connectivity index (χ1v) is 12.4. The zero-order valence-corrected chi connectivity index (χ0v) is 21.1. The van der Waals surface area contributed by atoms with Gasteiger partial charge in [0.05, 0.1) is 45.3 Å². The predicted octanol–water partition coefficient (Wildman–Crippen LogP) is 4.25. The van der Waals surface area contributed by atoms with Gasteiger partial charge in [-0.05, 0) is 29.8 Å². The van der Waals surface area contributed by atoms with Crippen LogP contribution in [-0.2, 0) is 15.6 Å². The molecule has 0 spiro atoms. The molecule has 0 atom stereocenters. The molecule has 3 N–H and O–H groups in total. The van der Waals surface area contributed by atoms with Crippen LogP contribution in [0.1, 0.15) is 21.5 Å². The van der Waals surface area contributed by atoms with Crippen molar-refractivity contribution in [2.24, 2.45) is 0 Å². The Bertz CT molecular complexity index is 1390. The Morgan fingerprint density at radius 3 is 2.06 bits per heavy atom. The number of anilines is 1. The first-order valence-electron chi connectivity index (χ1n) is 10.6. The highest BCUT2D eigenvalue weighted by atomic mass is 32.2. The van der Waals surface area contributed by atoms with Crippen molar-refractivity contribution in [3.63, 3.8) is 0 Å². The normalized spacial score (nSPS) is 11.3. The van der Waals surface area contributed by atoms with Gasteiger partial charge in [0.2, 0.25) is 0 Å². The Labute approximate surface area is 209 Å². The van der Waals surface area contributed by atoms with Gasteiger partial charge in [-0.2, -0.15) is 0 Å². The molecule has 190 valence electrons. The van der Waals surface area contributed by atoms with Crippen LogP contribution >= 0.6 is 0 Å². The quantitative estimate of drug-likeness (QED) is 0.381. The first-order chi connectivity index (χ1) is 17.1. The van der Waals surface area contributed by atoms with Crippen LogP contribution in [0.2, 0.25) is 0 Å². The van der Waals surface area contributed by atoms with Gasteiger partial charge < -0.3 is 29.8 Å². The lowest BCUT2D eigenvalue weighted by molar-refractivity contribution is 0.0697. The minimum atomic E-state index is -3.87. The molecule has 0 fully saturated rings. The lowest BCUT2D eigenvalue weighted by Gasteiger charge is -2.15. The van der Waals surface area contributed by atoms with Crippen LogP contribution in [0.5, 0.6) is 23.0 Å². The molecule has 0 radical (unpaired) electrons. The summed E-state index contributed by atoms with van der Waals surface area (Å²) in [7, 11) is 1.97. The standard InChI is InChI=1S/C26H27NO8S/c1-32-17-12-24(34-3)19(25(13-17)35-4)9-10-36(30,31)15-16-11-21(26(28)29)20(14-22(16)27)18-7-5-6-8-23(18)33-2/h5-14H,15,27H2,1-4H3,(H,28,29). The van der Waals surface area contributed by atoms with E-state index in [0.29, 0.717) is 39.7 Å². The SMILES string of the molecule is COc1cc(OC)c(C=CS(=O)(=O)Cc2cc(C(=O)O)c(-c3ccccc3OC)cc2N)c(OC)c1. The van der Waals surface area contributed by atoms with Crippen molar-refractivity contribution in [1.29, 1.82) is 0 Å². The molecule has 3 aromatic rings. The van der Waals surface area contributed by atoms with Gasteiger partial charge in [0.15, 0.2) is 9.84 Å². The minimum Gasteiger partial charge on any atom is -0.496 e. The number of nitrogen functional groups attached to an aromatic ring is 1. The topological polar surface area (TPSA) is 134 Å². The number of carboxylic acid groups (broad SMARTS) is 1. The van der Waals surface area contributed by atoms with Crippen molar-refractivity contribution in [2.45, 2.75) is 5.75 Å². The third kappa shape index (κ3) is 5.72. The largest absolute Gasteiger partial charge is 0.496 e. The third-order valence-electron chi connectivity index (χ3n) is 5.46. The Morgan fingerprint density at radius 2 is 1.50 bits per heavy atom. The molecule has 36 heavy (non-hydrogen) atoms. The summed E-state index contributed by atoms with van der Waals surface area (Å²) in [6.07, 6.45) is 1.35. The summed E-state index contributed by atoms with van der Waals surface area (Å²) >= 11 is 0. The van der Waals surface area contributed by atoms with Gasteiger partial charge in [0, 0.05) is 34.4 Å². The number of carbonyl (C=O) groups is 1. The van der Waals surface area contributed by atoms with E-state index in [2.05, 4.69) is 0 Å². The Kier molecular flexibility index (Phi) is 8.11. The van der Waals surface area contributed by atoms with Crippen LogP contribution in [0.4, 0.5) is 5.69 Å². The number of sulfone groups is 1. The van der Waals surface area contributed by atoms with Gasteiger partial charge in [0.25, 0.3) is 0 Å². The molecule has 0 aromatic heterocycles. The Morgan fingerprint density at radius 1 is 0.889 bits per heavy atom. The van der Waals surface area contributed by atoms with E-state index in [1.807, 2.05) is 0 Å². The lowest BCUT2D eigenvalue weighted by atomic mass is 9.96. The summed E-state index contributed by atoms with van der Waals surface area (Å²) in [6, 6.07) is 12.8. The highest BCUT2D eigenvalue weighted by Crippen LogP contribution is 2.37. The number of ether oxygens (including phenoxy) is 4. The van der Waals surface area contributed by atoms with E-state index in [-0.39, 0.29) is 16.8 Å². The lowest BCUT2D eigenvalue weighted by Crippen LogP contribution is -2.08. The number of aromatic carboxylic acids is 1. The van der Waals surface area contributed by atoms with Gasteiger partial charge in [-0.1, -0.05) is 18.2 Å². The fourth-order valence-electron chi connectivity index (χ4n) is 3.69. The van der Waals surface area contributed by atoms with Gasteiger partial charge >= 0.3 is 5.97 Å². The van der Waals surface area contributed by atoms with Crippen molar-refractivity contribution in [3.05, 3.63) is 70.6 Å². The number of methoxy groups -OCH3 is 4. The van der Waals surface area contributed by atoms with E-state index in [1.54, 1.807) is 36.4 Å². The van der Waals surface area contributed by atoms with Gasteiger partial charge in [0.1, 0.15) is 23.0 Å². The summed E-state index contributed by atoms with van der Waals surface area (Å²) in [4.78, 5) is 12.0. The molecule has 0 aliphatic heterocycles. The number of rotatable bonds is 10. The number of hydrogen-bond donors (Lipinski definition) is 2. The molecule has 0 amide bonds. The maximum Gasteiger partial charge on any atom is 0.336 e. The van der Waals surface area contributed by atoms with Crippen molar-refractivity contribution in [3.8, 4) is 34.1 Å². The second kappa shape index (κ2) is 11.0. The first kappa shape index (κ1) is 26.4. The van der Waals surface area contributed by atoms with Crippen LogP contribution in [0.3, 0.4) is 0 Å². The summed E-state index contributed by atoms with van der Waals surface area (Å²) in [6.45, 7) is 0. The second-order valence-corrected chi connectivity index (χ2v) is 9.54. The molecule has 3 rings (SSSR count). The average molecular weight is 514 g/mol. The molecule has 10 heteroatoms. The molecule has 0 saturated carbocycles. The summed E-state index contributed by atoms with van der Waals surface area (Å²) in [5, 5.41) is 10.8. The van der Waals surface area contributed by atoms with Crippen LogP contribution < -0.4 is 24.7 Å². The van der Waals surface area contributed by atoms with Crippen molar-refractivity contribution < 1.29 is 37.3 Å². The van der Waals surface area contributed by atoms with E-state index in [1.165, 1.54) is 46.6 Å². The number of hydrogen-bond acceptors (Lipinski definition) is 8. The molecule has 0 bridgehead atoms. The minimum absolute atomic E-state index is 0.0960. The monoisotopic (exact) mass is 513 g/mol. The van der Waals surface area contributed by atoms with Gasteiger partial charge in [-0.15, -0.1) is 0 Å². The summed E-state index contributed by atoms with van der Waals surface area (Å²) in [5.74, 6) is -0.0866. The van der Waals surface area contributed by atoms with E-state index < -0.39 is 21.6 Å². The Balaban J connectivity index is 2.01. The van der Waals surface area contributed by atoms with E-state index in [4.69, 9.17) is 24.7 Å². The zero-order valence-electron chi connectivity index (χ0n) is 20.3. The molecular weight excluding hydrogens is 486 g/mol. The molecule has 3 aromatic carbocycles. The molecule has 0 aliphatic carbocycles. The molecular formula is C26H27NO8S. The van der Waals surface area contributed by atoms with E-state index in [0.717, 1.165) is 5.41 Å². The van der Waals surface area contributed by atoms with Crippen LogP contribution in [0.25, 0.3) is 17.2 Å². The average Bonchev–Trinajstić information content (AvgIpc) is 2.87. The van der Waals surface area contributed by atoms with Crippen LogP contribution in [0.15, 0.2) is 53.9 Å². The summed E-state index contributed by atoms with van der Waals surface area (Å²) < 4.78 is 47.2. The van der Waals surface area contributed by atoms with E-state index in [9.17, 15) is 18.3 Å². The van der Waals surface area contributed by atoms with Crippen molar-refractivity contribution in [1.82, 2.24) is 0 Å². The third-order valence-corrected chi connectivity index (χ3v) is 6.72. The highest BCUT2D eigenvalue weighted by Gasteiger charge is 2.21. The fourth-order valence-corrected chi connectivity index (χ4v) is 4.81. The number of carboxylic acids is 1. The molecule has 0 aliphatic rings. The smallest absolute Gasteiger partial charge is 0.336 e. The molecule has 9 nitrogen and oxygen atoms in total. The number of benzene rings is 3. The van der Waals surface area contributed by atoms with Crippen molar-refractivity contribution >= 4 is 27.6 Å². The zero-order chi connectivity index (χ0) is 26.5. The maximum absolute atomic E-state index is 13.0. The molecule has 0 heterocycles.